The van der Waals surface area contributed by atoms with E-state index < -0.39 is 5.97 Å². The van der Waals surface area contributed by atoms with Gasteiger partial charge in [-0.25, -0.2) is 0 Å². The van der Waals surface area contributed by atoms with Gasteiger partial charge in [0.15, 0.2) is 5.78 Å². The lowest BCUT2D eigenvalue weighted by molar-refractivity contribution is -0.142. The summed E-state index contributed by atoms with van der Waals surface area (Å²) in [5.74, 6) is -0.802. The van der Waals surface area contributed by atoms with E-state index in [4.69, 9.17) is 0 Å². The summed E-state index contributed by atoms with van der Waals surface area (Å²) in [5, 5.41) is 0. The van der Waals surface area contributed by atoms with Crippen molar-refractivity contribution >= 4 is 11.8 Å². The molecule has 0 saturated carbocycles. The molecule has 0 N–H and O–H groups in total. The number of carbonyl (C=O) groups excluding carboxylic acids is 2. The van der Waals surface area contributed by atoms with Crippen LogP contribution in [0.2, 0.25) is 0 Å². The van der Waals surface area contributed by atoms with Crippen molar-refractivity contribution in [2.24, 2.45) is 0 Å². The molecule has 0 spiro atoms. The normalized spacial score (nSPS) is 10.4. The Morgan fingerprint density at radius 1 is 1.31 bits per heavy atom. The Balaban J connectivity index is 0. The van der Waals surface area contributed by atoms with Gasteiger partial charge in [-0.2, -0.15) is 0 Å². The number of ketones is 1. The summed E-state index contributed by atoms with van der Waals surface area (Å²) < 4.78 is 4.39. The Hall–Kier alpha value is -1.64. The van der Waals surface area contributed by atoms with Crippen molar-refractivity contribution in [3.8, 4) is 0 Å². The van der Waals surface area contributed by atoms with E-state index in [0.29, 0.717) is 5.57 Å². The van der Waals surface area contributed by atoms with Gasteiger partial charge in [-0.15, -0.1) is 0 Å². The molecule has 3 nitrogen and oxygen atoms in total. The quantitative estimate of drug-likeness (QED) is 0.312. The molecular formula is C13H20O3. The van der Waals surface area contributed by atoms with Gasteiger partial charge in [0.2, 0.25) is 0 Å². The molecule has 0 radical (unpaired) electrons. The van der Waals surface area contributed by atoms with Crippen molar-refractivity contribution < 1.29 is 14.3 Å². The van der Waals surface area contributed by atoms with Crippen LogP contribution in [-0.2, 0) is 14.3 Å². The number of ether oxygens (including phenoxy) is 1. The van der Waals surface area contributed by atoms with E-state index in [2.05, 4.69) is 11.3 Å². The Morgan fingerprint density at radius 2 is 1.88 bits per heavy atom. The van der Waals surface area contributed by atoms with Crippen LogP contribution in [0.1, 0.15) is 27.2 Å². The molecule has 16 heavy (non-hydrogen) atoms. The van der Waals surface area contributed by atoms with Crippen LogP contribution >= 0.6 is 0 Å². The third-order valence-electron chi connectivity index (χ3n) is 1.50. The molecule has 0 aliphatic carbocycles. The fraction of sp³-hybridized carbons (Fsp3) is 0.385. The Labute approximate surface area is 97.5 Å². The van der Waals surface area contributed by atoms with Gasteiger partial charge < -0.3 is 4.74 Å². The summed E-state index contributed by atoms with van der Waals surface area (Å²) in [6.45, 7) is 9.28. The van der Waals surface area contributed by atoms with Crippen LogP contribution in [0.15, 0.2) is 36.5 Å². The molecule has 0 aliphatic heterocycles. The number of Topliss-reactive ketones (excluding diaryl/α,β-unsaturated/α-hetero) is 1. The van der Waals surface area contributed by atoms with Crippen molar-refractivity contribution in [3.63, 3.8) is 0 Å². The maximum atomic E-state index is 11.4. The monoisotopic (exact) mass is 224 g/mol. The SMILES string of the molecule is C=C/C=C(\C=C/C)C(=O)CC(=O)OC.CC. The fourth-order valence-electron chi connectivity index (χ4n) is 0.853. The smallest absolute Gasteiger partial charge is 0.313 e. The standard InChI is InChI=1S/C11H14O3.C2H6/c1-4-6-9(7-5-2)10(12)8-11(13)14-3;1-2/h4-7H,1,8H2,2-3H3;1-2H3/b7-5-,9-6+;. The highest BCUT2D eigenvalue weighted by Crippen LogP contribution is 2.03. The number of rotatable bonds is 5. The first-order chi connectivity index (χ1) is 7.65. The lowest BCUT2D eigenvalue weighted by Gasteiger charge is -1.99. The number of carbonyl (C=O) groups is 2. The second-order valence-electron chi connectivity index (χ2n) is 2.53. The summed E-state index contributed by atoms with van der Waals surface area (Å²) in [5.41, 5.74) is 0.452. The lowest BCUT2D eigenvalue weighted by Crippen LogP contribution is -2.10. The number of methoxy groups -OCH3 is 1. The van der Waals surface area contributed by atoms with Gasteiger partial charge in [0, 0.05) is 5.57 Å². The van der Waals surface area contributed by atoms with Gasteiger partial charge in [0.1, 0.15) is 6.42 Å². The average molecular weight is 224 g/mol. The number of hydrogen-bond acceptors (Lipinski definition) is 3. The van der Waals surface area contributed by atoms with Crippen LogP contribution in [0.5, 0.6) is 0 Å². The van der Waals surface area contributed by atoms with E-state index >= 15 is 0 Å². The van der Waals surface area contributed by atoms with Crippen molar-refractivity contribution in [1.29, 1.82) is 0 Å². The molecule has 0 saturated heterocycles. The zero-order chi connectivity index (χ0) is 13.0. The van der Waals surface area contributed by atoms with Crippen molar-refractivity contribution in [3.05, 3.63) is 36.5 Å². The van der Waals surface area contributed by atoms with Crippen LogP contribution in [0.4, 0.5) is 0 Å². The van der Waals surface area contributed by atoms with Crippen LogP contribution < -0.4 is 0 Å². The summed E-state index contributed by atoms with van der Waals surface area (Å²) in [6.07, 6.45) is 6.19. The largest absolute Gasteiger partial charge is 0.469 e. The first-order valence-electron chi connectivity index (χ1n) is 5.21. The molecule has 0 heterocycles. The van der Waals surface area contributed by atoms with E-state index in [9.17, 15) is 9.59 Å². The molecule has 0 aromatic carbocycles. The van der Waals surface area contributed by atoms with Gasteiger partial charge in [-0.1, -0.05) is 44.7 Å². The van der Waals surface area contributed by atoms with Crippen LogP contribution in [0.3, 0.4) is 0 Å². The van der Waals surface area contributed by atoms with Crippen molar-refractivity contribution in [2.75, 3.05) is 7.11 Å². The maximum absolute atomic E-state index is 11.4. The first kappa shape index (κ1) is 16.8. The van der Waals surface area contributed by atoms with Crippen LogP contribution in [-0.4, -0.2) is 18.9 Å². The zero-order valence-corrected chi connectivity index (χ0v) is 10.4. The van der Waals surface area contributed by atoms with Crippen molar-refractivity contribution in [1.82, 2.24) is 0 Å². The molecule has 0 rings (SSSR count). The molecule has 0 fully saturated rings. The van der Waals surface area contributed by atoms with E-state index in [1.165, 1.54) is 13.2 Å². The maximum Gasteiger partial charge on any atom is 0.313 e. The molecule has 3 heteroatoms. The van der Waals surface area contributed by atoms with Gasteiger partial charge in [-0.3, -0.25) is 9.59 Å². The zero-order valence-electron chi connectivity index (χ0n) is 10.4. The Morgan fingerprint density at radius 3 is 2.25 bits per heavy atom. The molecule has 0 unspecified atom stereocenters. The predicted octanol–water partition coefficient (Wildman–Crippen LogP) is 2.83. The predicted molar refractivity (Wildman–Crippen MR) is 66.1 cm³/mol. The van der Waals surface area contributed by atoms with E-state index in [0.717, 1.165) is 0 Å². The summed E-state index contributed by atoms with van der Waals surface area (Å²) in [6, 6.07) is 0. The topological polar surface area (TPSA) is 43.4 Å². The van der Waals surface area contributed by atoms with Gasteiger partial charge in [0.25, 0.3) is 0 Å². The molecular weight excluding hydrogens is 204 g/mol. The lowest BCUT2D eigenvalue weighted by atomic mass is 10.1. The summed E-state index contributed by atoms with van der Waals surface area (Å²) >= 11 is 0. The highest BCUT2D eigenvalue weighted by atomic mass is 16.5. The molecule has 0 aromatic rings. The number of hydrogen-bond donors (Lipinski definition) is 0. The van der Waals surface area contributed by atoms with Crippen molar-refractivity contribution in [2.45, 2.75) is 27.2 Å². The Bertz CT molecular complexity index is 286. The summed E-state index contributed by atoms with van der Waals surface area (Å²) in [7, 11) is 1.25. The van der Waals surface area contributed by atoms with E-state index in [1.807, 2.05) is 13.8 Å². The minimum Gasteiger partial charge on any atom is -0.469 e. The molecule has 0 aliphatic rings. The van der Waals surface area contributed by atoms with E-state index in [-0.39, 0.29) is 12.2 Å². The Kier molecular flexibility index (Phi) is 12.0. The summed E-state index contributed by atoms with van der Waals surface area (Å²) in [4.78, 5) is 22.2. The number of allylic oxidation sites excluding steroid dienone is 5. The highest BCUT2D eigenvalue weighted by molar-refractivity contribution is 6.07. The van der Waals surface area contributed by atoms with Gasteiger partial charge >= 0.3 is 5.97 Å². The minimum atomic E-state index is -0.533. The molecule has 0 aromatic heterocycles. The average Bonchev–Trinajstić information content (AvgIpc) is 2.31. The third kappa shape index (κ3) is 7.74. The third-order valence-corrected chi connectivity index (χ3v) is 1.50. The van der Waals surface area contributed by atoms with Gasteiger partial charge in [0.05, 0.1) is 7.11 Å². The van der Waals surface area contributed by atoms with Crippen LogP contribution in [0.25, 0.3) is 0 Å². The first-order valence-corrected chi connectivity index (χ1v) is 5.21. The molecule has 0 amide bonds. The second kappa shape index (κ2) is 11.4. The van der Waals surface area contributed by atoms with Crippen LogP contribution in [0, 0.1) is 0 Å². The molecule has 0 atom stereocenters. The number of esters is 1. The highest BCUT2D eigenvalue weighted by Gasteiger charge is 2.11. The minimum absolute atomic E-state index is 0.236. The van der Waals surface area contributed by atoms with Gasteiger partial charge in [-0.05, 0) is 6.92 Å². The fourth-order valence-corrected chi connectivity index (χ4v) is 0.853. The second-order valence-corrected chi connectivity index (χ2v) is 2.53. The molecule has 0 bridgehead atoms. The molecule has 90 valence electrons. The van der Waals surface area contributed by atoms with E-state index in [1.54, 1.807) is 25.2 Å².